The molecule has 1 amide bonds. The molecule has 2 atom stereocenters. The van der Waals surface area contributed by atoms with Crippen molar-refractivity contribution in [2.45, 2.75) is 45.2 Å². The van der Waals surface area contributed by atoms with Gasteiger partial charge in [0.2, 0.25) is 0 Å². The summed E-state index contributed by atoms with van der Waals surface area (Å²) >= 11 is 0. The number of halogens is 3. The van der Waals surface area contributed by atoms with E-state index in [1.165, 1.54) is 0 Å². The molecule has 0 heterocycles. The first kappa shape index (κ1) is 20.0. The Balaban J connectivity index is 2.75. The molecular weight excluding hydrogens is 331 g/mol. The van der Waals surface area contributed by atoms with Crippen molar-refractivity contribution in [1.82, 2.24) is 5.32 Å². The van der Waals surface area contributed by atoms with Crippen LogP contribution >= 0.6 is 0 Å². The van der Waals surface area contributed by atoms with Gasteiger partial charge in [-0.25, -0.2) is 9.18 Å². The van der Waals surface area contributed by atoms with E-state index in [-0.39, 0.29) is 5.56 Å². The van der Waals surface area contributed by atoms with Gasteiger partial charge in [-0.2, -0.15) is 8.78 Å². The fourth-order valence-corrected chi connectivity index (χ4v) is 1.77. The Morgan fingerprint density at radius 1 is 1.29 bits per heavy atom. The summed E-state index contributed by atoms with van der Waals surface area (Å²) in [4.78, 5) is 11.5. The summed E-state index contributed by atoms with van der Waals surface area (Å²) in [5.41, 5.74) is -0.988. The third-order valence-corrected chi connectivity index (χ3v) is 2.73. The molecule has 0 saturated heterocycles. The average Bonchev–Trinajstić information content (AvgIpc) is 2.41. The van der Waals surface area contributed by atoms with Crippen LogP contribution in [0, 0.1) is 5.82 Å². The van der Waals surface area contributed by atoms with Crippen LogP contribution in [0.2, 0.25) is 0 Å². The number of nitrogens with one attached hydrogen (secondary N) is 1. The minimum absolute atomic E-state index is 0.241. The molecule has 3 N–H and O–H groups in total. The molecule has 136 valence electrons. The van der Waals surface area contributed by atoms with E-state index in [2.05, 4.69) is 10.1 Å². The normalized spacial score (nSPS) is 14.2. The number of benzene rings is 1. The molecule has 1 aromatic carbocycles. The number of carbonyl (C=O) groups is 1. The molecule has 0 saturated carbocycles. The number of aliphatic hydroxyl groups excluding tert-OH is 2. The fourth-order valence-electron chi connectivity index (χ4n) is 1.77. The summed E-state index contributed by atoms with van der Waals surface area (Å²) in [6, 6.07) is 2.60. The number of ether oxygens (including phenoxy) is 2. The highest BCUT2D eigenvalue weighted by atomic mass is 19.3. The van der Waals surface area contributed by atoms with E-state index in [1.807, 2.05) is 0 Å². The number of aliphatic hydroxyl groups is 2. The van der Waals surface area contributed by atoms with Crippen molar-refractivity contribution < 1.29 is 37.7 Å². The van der Waals surface area contributed by atoms with Crippen LogP contribution in [-0.2, 0) is 4.74 Å². The topological polar surface area (TPSA) is 88.0 Å². The molecule has 0 aliphatic heterocycles. The highest BCUT2D eigenvalue weighted by molar-refractivity contribution is 5.67. The number of alkyl carbamates (subject to hydrolysis) is 1. The van der Waals surface area contributed by atoms with E-state index >= 15 is 0 Å². The van der Waals surface area contributed by atoms with Crippen molar-refractivity contribution in [1.29, 1.82) is 0 Å². The number of rotatable bonds is 6. The maximum Gasteiger partial charge on any atom is 0.407 e. The van der Waals surface area contributed by atoms with Crippen molar-refractivity contribution >= 4 is 6.09 Å². The lowest BCUT2D eigenvalue weighted by molar-refractivity contribution is -0.0539. The standard InChI is InChI=1S/C15H20F3NO5/c1-15(2,3)24-14(22)19-7-10(20)12(21)9-5-4-8(16)6-11(9)23-13(17)18/h4-6,10,12-13,20-21H,7H2,1-3H3,(H,19,22). The lowest BCUT2D eigenvalue weighted by Gasteiger charge is -2.23. The van der Waals surface area contributed by atoms with Gasteiger partial charge in [-0.05, 0) is 32.9 Å². The Morgan fingerprint density at radius 2 is 1.92 bits per heavy atom. The van der Waals surface area contributed by atoms with E-state index in [0.29, 0.717) is 6.07 Å². The molecular formula is C15H20F3NO5. The Morgan fingerprint density at radius 3 is 2.46 bits per heavy atom. The van der Waals surface area contributed by atoms with E-state index in [9.17, 15) is 28.2 Å². The summed E-state index contributed by atoms with van der Waals surface area (Å²) in [5, 5.41) is 22.1. The Kier molecular flexibility index (Phi) is 6.85. The van der Waals surface area contributed by atoms with Gasteiger partial charge < -0.3 is 25.0 Å². The van der Waals surface area contributed by atoms with Crippen LogP contribution in [0.5, 0.6) is 5.75 Å². The molecule has 0 spiro atoms. The number of hydrogen-bond donors (Lipinski definition) is 3. The number of alkyl halides is 2. The Labute approximate surface area is 137 Å². The van der Waals surface area contributed by atoms with Crippen molar-refractivity contribution in [3.8, 4) is 5.75 Å². The minimum atomic E-state index is -3.23. The predicted octanol–water partition coefficient (Wildman–Crippen LogP) is 2.35. The maximum absolute atomic E-state index is 13.1. The van der Waals surface area contributed by atoms with Crippen molar-refractivity contribution in [3.63, 3.8) is 0 Å². The van der Waals surface area contributed by atoms with Gasteiger partial charge in [0, 0.05) is 18.2 Å². The third-order valence-electron chi connectivity index (χ3n) is 2.73. The smallest absolute Gasteiger partial charge is 0.407 e. The fraction of sp³-hybridized carbons (Fsp3) is 0.533. The monoisotopic (exact) mass is 351 g/mol. The van der Waals surface area contributed by atoms with Crippen LogP contribution < -0.4 is 10.1 Å². The molecule has 0 bridgehead atoms. The summed E-state index contributed by atoms with van der Waals surface area (Å²) in [7, 11) is 0. The predicted molar refractivity (Wildman–Crippen MR) is 78.2 cm³/mol. The summed E-state index contributed by atoms with van der Waals surface area (Å²) < 4.78 is 46.9. The van der Waals surface area contributed by atoms with Crippen LogP contribution in [0.3, 0.4) is 0 Å². The molecule has 9 heteroatoms. The van der Waals surface area contributed by atoms with Crippen LogP contribution in [-0.4, -0.2) is 41.2 Å². The van der Waals surface area contributed by atoms with Gasteiger partial charge in [-0.1, -0.05) is 0 Å². The second-order valence-corrected chi connectivity index (χ2v) is 5.96. The van der Waals surface area contributed by atoms with Gasteiger partial charge in [0.05, 0.1) is 0 Å². The second kappa shape index (κ2) is 8.20. The second-order valence-electron chi connectivity index (χ2n) is 5.96. The summed E-state index contributed by atoms with van der Waals surface area (Å²) in [5.74, 6) is -1.45. The summed E-state index contributed by atoms with van der Waals surface area (Å²) in [6.45, 7) is 1.29. The van der Waals surface area contributed by atoms with Crippen LogP contribution in [0.25, 0.3) is 0 Å². The van der Waals surface area contributed by atoms with Gasteiger partial charge in [-0.15, -0.1) is 0 Å². The lowest BCUT2D eigenvalue weighted by Crippen LogP contribution is -2.39. The molecule has 1 aromatic rings. The first-order valence-electron chi connectivity index (χ1n) is 7.07. The zero-order valence-corrected chi connectivity index (χ0v) is 13.4. The lowest BCUT2D eigenvalue weighted by atomic mass is 10.0. The van der Waals surface area contributed by atoms with Crippen LogP contribution in [0.15, 0.2) is 18.2 Å². The molecule has 0 fully saturated rings. The van der Waals surface area contributed by atoms with Gasteiger partial charge in [0.1, 0.15) is 29.4 Å². The number of carbonyl (C=O) groups excluding carboxylic acids is 1. The zero-order valence-electron chi connectivity index (χ0n) is 13.4. The molecule has 0 radical (unpaired) electrons. The minimum Gasteiger partial charge on any atom is -0.444 e. The van der Waals surface area contributed by atoms with Crippen LogP contribution in [0.1, 0.15) is 32.4 Å². The van der Waals surface area contributed by atoms with Gasteiger partial charge in [0.25, 0.3) is 0 Å². The van der Waals surface area contributed by atoms with Crippen molar-refractivity contribution in [3.05, 3.63) is 29.6 Å². The quantitative estimate of drug-likeness (QED) is 0.732. The average molecular weight is 351 g/mol. The molecule has 6 nitrogen and oxygen atoms in total. The first-order chi connectivity index (χ1) is 11.0. The van der Waals surface area contributed by atoms with Crippen molar-refractivity contribution in [2.75, 3.05) is 6.54 Å². The maximum atomic E-state index is 13.1. The molecule has 0 aromatic heterocycles. The highest BCUT2D eigenvalue weighted by Gasteiger charge is 2.25. The largest absolute Gasteiger partial charge is 0.444 e. The van der Waals surface area contributed by atoms with Crippen LogP contribution in [0.4, 0.5) is 18.0 Å². The molecule has 1 rings (SSSR count). The first-order valence-corrected chi connectivity index (χ1v) is 7.07. The summed E-state index contributed by atoms with van der Waals surface area (Å²) in [6.07, 6.45) is -4.06. The SMILES string of the molecule is CC(C)(C)OC(=O)NCC(O)C(O)c1ccc(F)cc1OC(F)F. The Hall–Kier alpha value is -2.00. The molecule has 0 aliphatic carbocycles. The Bertz CT molecular complexity index is 563. The van der Waals surface area contributed by atoms with E-state index in [1.54, 1.807) is 20.8 Å². The van der Waals surface area contributed by atoms with E-state index in [4.69, 9.17) is 4.74 Å². The van der Waals surface area contributed by atoms with E-state index in [0.717, 1.165) is 12.1 Å². The highest BCUT2D eigenvalue weighted by Crippen LogP contribution is 2.29. The molecule has 2 unspecified atom stereocenters. The zero-order chi connectivity index (χ0) is 18.5. The molecule has 24 heavy (non-hydrogen) atoms. The third kappa shape index (κ3) is 6.63. The molecule has 0 aliphatic rings. The number of amides is 1. The van der Waals surface area contributed by atoms with Gasteiger partial charge in [0.15, 0.2) is 0 Å². The van der Waals surface area contributed by atoms with Gasteiger partial charge in [-0.3, -0.25) is 0 Å². The van der Waals surface area contributed by atoms with Gasteiger partial charge >= 0.3 is 12.7 Å². The van der Waals surface area contributed by atoms with Crippen molar-refractivity contribution in [2.24, 2.45) is 0 Å². The number of hydrogen-bond acceptors (Lipinski definition) is 5. The van der Waals surface area contributed by atoms with E-state index < -0.39 is 48.6 Å².